The van der Waals surface area contributed by atoms with Crippen molar-refractivity contribution in [2.24, 2.45) is 0 Å². The zero-order valence-corrected chi connectivity index (χ0v) is 14.8. The maximum absolute atomic E-state index is 12.2. The topological polar surface area (TPSA) is 52.8 Å². The van der Waals surface area contributed by atoms with E-state index in [1.165, 1.54) is 0 Å². The lowest BCUT2D eigenvalue weighted by atomic mass is 10.2. The number of fused-ring (bicyclic) bond motifs is 1. The van der Waals surface area contributed by atoms with Crippen LogP contribution >= 0.6 is 0 Å². The molecule has 0 N–H and O–H groups in total. The Kier molecular flexibility index (Phi) is 4.58. The number of hydrogen-bond acceptors (Lipinski definition) is 4. The predicted octanol–water partition coefficient (Wildman–Crippen LogP) is 4.44. The summed E-state index contributed by atoms with van der Waals surface area (Å²) in [7, 11) is 0. The van der Waals surface area contributed by atoms with Crippen LogP contribution in [0, 0.1) is 6.92 Å². The molecule has 0 saturated carbocycles. The highest BCUT2D eigenvalue weighted by molar-refractivity contribution is 5.91. The molecule has 2 aromatic heterocycles. The molecule has 0 atom stereocenters. The molecule has 5 heteroatoms. The molecule has 0 radical (unpaired) electrons. The molecule has 0 unspecified atom stereocenters. The molecular formula is C22H18N2O3. The van der Waals surface area contributed by atoms with Crippen molar-refractivity contribution >= 4 is 11.6 Å². The summed E-state index contributed by atoms with van der Waals surface area (Å²) in [4.78, 5) is 16.7. The average Bonchev–Trinajstić information content (AvgIpc) is 3.12. The van der Waals surface area contributed by atoms with Gasteiger partial charge in [-0.15, -0.1) is 0 Å². The normalized spacial score (nSPS) is 10.7. The second-order valence-electron chi connectivity index (χ2n) is 6.17. The highest BCUT2D eigenvalue weighted by Gasteiger charge is 2.09. The molecule has 0 aliphatic carbocycles. The minimum Gasteiger partial charge on any atom is -0.487 e. The molecule has 2 heterocycles. The van der Waals surface area contributed by atoms with Crippen LogP contribution in [0.2, 0.25) is 0 Å². The van der Waals surface area contributed by atoms with E-state index in [4.69, 9.17) is 9.47 Å². The van der Waals surface area contributed by atoms with Gasteiger partial charge in [-0.05, 0) is 55.0 Å². The second kappa shape index (κ2) is 7.33. The van der Waals surface area contributed by atoms with Crippen molar-refractivity contribution in [2.75, 3.05) is 0 Å². The number of rotatable bonds is 5. The van der Waals surface area contributed by atoms with Gasteiger partial charge in [-0.3, -0.25) is 0 Å². The largest absolute Gasteiger partial charge is 0.487 e. The van der Waals surface area contributed by atoms with Crippen molar-refractivity contribution in [3.63, 3.8) is 0 Å². The van der Waals surface area contributed by atoms with Gasteiger partial charge in [-0.25, -0.2) is 9.78 Å². The Morgan fingerprint density at radius 1 is 0.963 bits per heavy atom. The molecule has 0 amide bonds. The lowest BCUT2D eigenvalue weighted by molar-refractivity contribution is 0.0734. The summed E-state index contributed by atoms with van der Waals surface area (Å²) >= 11 is 0. The summed E-state index contributed by atoms with van der Waals surface area (Å²) in [6.07, 6.45) is 3.92. The first-order chi connectivity index (χ1) is 13.2. The summed E-state index contributed by atoms with van der Waals surface area (Å²) in [5.74, 6) is 0.786. The molecule has 4 aromatic rings. The summed E-state index contributed by atoms with van der Waals surface area (Å²) < 4.78 is 13.1. The fourth-order valence-corrected chi connectivity index (χ4v) is 2.77. The van der Waals surface area contributed by atoms with E-state index in [0.717, 1.165) is 16.9 Å². The van der Waals surface area contributed by atoms with Gasteiger partial charge in [0.25, 0.3) is 0 Å². The van der Waals surface area contributed by atoms with Crippen LogP contribution in [-0.2, 0) is 6.61 Å². The standard InChI is InChI=1S/C22H18N2O3/c1-16-6-5-13-24-14-18(23-21(16)24)15-26-19-11-9-17(10-12-19)22(25)27-20-7-3-2-4-8-20/h2-14H,15H2,1H3. The molecule has 0 spiro atoms. The second-order valence-corrected chi connectivity index (χ2v) is 6.17. The van der Waals surface area contributed by atoms with Crippen molar-refractivity contribution in [2.45, 2.75) is 13.5 Å². The van der Waals surface area contributed by atoms with E-state index in [1.807, 2.05) is 54.0 Å². The number of benzene rings is 2. The number of carbonyl (C=O) groups excluding carboxylic acids is 1. The van der Waals surface area contributed by atoms with Crippen molar-refractivity contribution in [3.8, 4) is 11.5 Å². The Labute approximate surface area is 156 Å². The number of aryl methyl sites for hydroxylation is 1. The molecule has 0 aliphatic heterocycles. The number of pyridine rings is 1. The lowest BCUT2D eigenvalue weighted by Crippen LogP contribution is -2.08. The molecule has 0 fully saturated rings. The van der Waals surface area contributed by atoms with Gasteiger partial charge in [0, 0.05) is 12.4 Å². The van der Waals surface area contributed by atoms with E-state index >= 15 is 0 Å². The van der Waals surface area contributed by atoms with Crippen molar-refractivity contribution in [1.29, 1.82) is 0 Å². The minimum atomic E-state index is -0.399. The SMILES string of the molecule is Cc1cccn2cc(COc3ccc(C(=O)Oc4ccccc4)cc3)nc12. The zero-order chi connectivity index (χ0) is 18.6. The van der Waals surface area contributed by atoms with Crippen LogP contribution in [0.1, 0.15) is 21.6 Å². The molecule has 5 nitrogen and oxygen atoms in total. The lowest BCUT2D eigenvalue weighted by Gasteiger charge is -2.06. The average molecular weight is 358 g/mol. The van der Waals surface area contributed by atoms with Crippen LogP contribution in [0.25, 0.3) is 5.65 Å². The number of hydrogen-bond donors (Lipinski definition) is 0. The molecule has 2 aromatic carbocycles. The maximum Gasteiger partial charge on any atom is 0.343 e. The van der Waals surface area contributed by atoms with Crippen LogP contribution in [-0.4, -0.2) is 15.4 Å². The van der Waals surface area contributed by atoms with Crippen molar-refractivity contribution in [1.82, 2.24) is 9.38 Å². The first-order valence-corrected chi connectivity index (χ1v) is 8.62. The molecule has 27 heavy (non-hydrogen) atoms. The van der Waals surface area contributed by atoms with Crippen LogP contribution in [0.4, 0.5) is 0 Å². The third kappa shape index (κ3) is 3.82. The Morgan fingerprint density at radius 2 is 1.74 bits per heavy atom. The zero-order valence-electron chi connectivity index (χ0n) is 14.8. The fraction of sp³-hybridized carbons (Fsp3) is 0.0909. The number of esters is 1. The molecule has 134 valence electrons. The van der Waals surface area contributed by atoms with Gasteiger partial charge in [0.05, 0.1) is 11.3 Å². The van der Waals surface area contributed by atoms with Crippen molar-refractivity contribution < 1.29 is 14.3 Å². The Bertz CT molecular complexity index is 1070. The van der Waals surface area contributed by atoms with E-state index in [2.05, 4.69) is 4.98 Å². The maximum atomic E-state index is 12.2. The van der Waals surface area contributed by atoms with Gasteiger partial charge in [0.15, 0.2) is 0 Å². The van der Waals surface area contributed by atoms with E-state index in [1.54, 1.807) is 36.4 Å². The van der Waals surface area contributed by atoms with Crippen LogP contribution in [0.3, 0.4) is 0 Å². The summed E-state index contributed by atoms with van der Waals surface area (Å²) in [5, 5.41) is 0. The summed E-state index contributed by atoms with van der Waals surface area (Å²) in [6, 6.07) is 19.9. The first-order valence-electron chi connectivity index (χ1n) is 8.62. The Hall–Kier alpha value is -3.60. The molecule has 0 bridgehead atoms. The third-order valence-electron chi connectivity index (χ3n) is 4.16. The van der Waals surface area contributed by atoms with E-state index in [0.29, 0.717) is 23.7 Å². The molecule has 0 saturated heterocycles. The van der Waals surface area contributed by atoms with Crippen LogP contribution in [0.5, 0.6) is 11.5 Å². The van der Waals surface area contributed by atoms with Gasteiger partial charge in [-0.1, -0.05) is 24.3 Å². The quantitative estimate of drug-likeness (QED) is 0.391. The predicted molar refractivity (Wildman–Crippen MR) is 102 cm³/mol. The van der Waals surface area contributed by atoms with Gasteiger partial charge >= 0.3 is 5.97 Å². The van der Waals surface area contributed by atoms with Gasteiger partial charge in [0.1, 0.15) is 23.8 Å². The molecule has 0 aliphatic rings. The highest BCUT2D eigenvalue weighted by Crippen LogP contribution is 2.17. The molecule has 4 rings (SSSR count). The number of imidazole rings is 1. The minimum absolute atomic E-state index is 0.356. The highest BCUT2D eigenvalue weighted by atomic mass is 16.5. The first kappa shape index (κ1) is 16.8. The number of ether oxygens (including phenoxy) is 2. The Morgan fingerprint density at radius 3 is 2.48 bits per heavy atom. The fourth-order valence-electron chi connectivity index (χ4n) is 2.77. The third-order valence-corrected chi connectivity index (χ3v) is 4.16. The van der Waals surface area contributed by atoms with E-state index in [9.17, 15) is 4.79 Å². The number of para-hydroxylation sites is 1. The number of carbonyl (C=O) groups is 1. The van der Waals surface area contributed by atoms with Crippen molar-refractivity contribution in [3.05, 3.63) is 95.9 Å². The smallest absolute Gasteiger partial charge is 0.343 e. The number of aromatic nitrogens is 2. The Balaban J connectivity index is 1.40. The van der Waals surface area contributed by atoms with Gasteiger partial charge in [0.2, 0.25) is 0 Å². The van der Waals surface area contributed by atoms with E-state index in [-0.39, 0.29) is 0 Å². The molecular weight excluding hydrogens is 340 g/mol. The summed E-state index contributed by atoms with van der Waals surface area (Å²) in [6.45, 7) is 2.38. The van der Waals surface area contributed by atoms with Crippen LogP contribution in [0.15, 0.2) is 79.1 Å². The monoisotopic (exact) mass is 358 g/mol. The summed E-state index contributed by atoms with van der Waals surface area (Å²) in [5.41, 5.74) is 3.35. The van der Waals surface area contributed by atoms with E-state index < -0.39 is 5.97 Å². The van der Waals surface area contributed by atoms with Gasteiger partial charge < -0.3 is 13.9 Å². The van der Waals surface area contributed by atoms with Gasteiger partial charge in [-0.2, -0.15) is 0 Å². The number of nitrogens with zero attached hydrogens (tertiary/aromatic N) is 2. The van der Waals surface area contributed by atoms with Crippen LogP contribution < -0.4 is 9.47 Å².